The van der Waals surface area contributed by atoms with Crippen molar-refractivity contribution in [1.82, 2.24) is 15.1 Å². The van der Waals surface area contributed by atoms with E-state index >= 15 is 0 Å². The van der Waals surface area contributed by atoms with Crippen LogP contribution in [0.15, 0.2) is 34.9 Å². The molecule has 0 fully saturated rings. The number of aromatic nitrogens is 2. The van der Waals surface area contributed by atoms with Crippen LogP contribution in [0.4, 0.5) is 13.2 Å². The van der Waals surface area contributed by atoms with Crippen molar-refractivity contribution in [2.45, 2.75) is 44.9 Å². The van der Waals surface area contributed by atoms with Gasteiger partial charge in [0.1, 0.15) is 17.3 Å². The van der Waals surface area contributed by atoms with Crippen LogP contribution in [0.2, 0.25) is 0 Å². The zero-order chi connectivity index (χ0) is 20.2. The van der Waals surface area contributed by atoms with Crippen LogP contribution in [0.3, 0.4) is 0 Å². The second-order valence-electron chi connectivity index (χ2n) is 8.09. The summed E-state index contributed by atoms with van der Waals surface area (Å²) in [5.74, 6) is -1.29. The Kier molecular flexibility index (Phi) is 4.78. The molecule has 2 atom stereocenters. The first-order valence-corrected chi connectivity index (χ1v) is 9.99. The van der Waals surface area contributed by atoms with Crippen molar-refractivity contribution in [3.05, 3.63) is 63.3 Å². The van der Waals surface area contributed by atoms with Gasteiger partial charge in [-0.25, -0.2) is 13.2 Å². The number of hydrogen-bond donors (Lipinski definition) is 1. The number of fused-ring (bicyclic) bond motifs is 3. The highest BCUT2D eigenvalue weighted by atomic mass is 79.9. The number of aromatic amines is 1. The maximum Gasteiger partial charge on any atom is 0.132 e. The van der Waals surface area contributed by atoms with Crippen LogP contribution in [0, 0.1) is 11.6 Å². The molecule has 0 spiro atoms. The average Bonchev–Trinajstić information content (AvgIpc) is 3.04. The summed E-state index contributed by atoms with van der Waals surface area (Å²) in [6, 6.07) is 5.42. The molecule has 0 saturated heterocycles. The Labute approximate surface area is 170 Å². The van der Waals surface area contributed by atoms with Crippen molar-refractivity contribution >= 4 is 26.8 Å². The van der Waals surface area contributed by atoms with Crippen molar-refractivity contribution in [2.24, 2.45) is 0 Å². The molecule has 1 aliphatic heterocycles. The second-order valence-corrected chi connectivity index (χ2v) is 9.01. The average molecular weight is 452 g/mol. The third-order valence-corrected chi connectivity index (χ3v) is 5.80. The Bertz CT molecular complexity index is 1020. The number of benzene rings is 2. The van der Waals surface area contributed by atoms with Crippen LogP contribution >= 0.6 is 15.9 Å². The predicted molar refractivity (Wildman–Crippen MR) is 107 cm³/mol. The number of hydrogen-bond acceptors (Lipinski definition) is 2. The summed E-state index contributed by atoms with van der Waals surface area (Å²) < 4.78 is 44.9. The first kappa shape index (κ1) is 19.5. The molecule has 1 aliphatic rings. The molecular formula is C21H21BrF3N3. The summed E-state index contributed by atoms with van der Waals surface area (Å²) in [4.78, 5) is 1.86. The van der Waals surface area contributed by atoms with Crippen LogP contribution in [0.25, 0.3) is 10.9 Å². The number of nitrogens with one attached hydrogen (secondary N) is 1. The van der Waals surface area contributed by atoms with Gasteiger partial charge in [0.05, 0.1) is 17.8 Å². The van der Waals surface area contributed by atoms with E-state index in [1.54, 1.807) is 6.20 Å². The highest BCUT2D eigenvalue weighted by molar-refractivity contribution is 9.10. The van der Waals surface area contributed by atoms with Gasteiger partial charge < -0.3 is 0 Å². The van der Waals surface area contributed by atoms with E-state index in [9.17, 15) is 13.2 Å². The van der Waals surface area contributed by atoms with Crippen LogP contribution < -0.4 is 0 Å². The van der Waals surface area contributed by atoms with E-state index < -0.39 is 23.3 Å². The fourth-order valence-corrected chi connectivity index (χ4v) is 4.64. The third-order valence-electron chi connectivity index (χ3n) is 5.34. The fourth-order valence-electron chi connectivity index (χ4n) is 4.24. The lowest BCUT2D eigenvalue weighted by Gasteiger charge is -2.44. The summed E-state index contributed by atoms with van der Waals surface area (Å²) >= 11 is 3.14. The highest BCUT2D eigenvalue weighted by Gasteiger charge is 2.39. The number of halogens is 4. The minimum Gasteiger partial charge on any atom is -0.286 e. The molecular weight excluding hydrogens is 431 g/mol. The van der Waals surface area contributed by atoms with Crippen LogP contribution in [0.1, 0.15) is 43.5 Å². The quantitative estimate of drug-likeness (QED) is 0.554. The van der Waals surface area contributed by atoms with E-state index in [2.05, 4.69) is 26.1 Å². The highest BCUT2D eigenvalue weighted by Crippen LogP contribution is 2.43. The normalized spacial score (nSPS) is 20.5. The number of H-pyrrole nitrogens is 1. The Morgan fingerprint density at radius 3 is 2.57 bits per heavy atom. The summed E-state index contributed by atoms with van der Waals surface area (Å²) in [6.07, 6.45) is 2.39. The number of rotatable bonds is 3. The van der Waals surface area contributed by atoms with Crippen molar-refractivity contribution in [2.75, 3.05) is 6.54 Å². The maximum absolute atomic E-state index is 15.0. The molecule has 2 heterocycles. The molecule has 3 aromatic rings. The molecule has 2 unspecified atom stereocenters. The van der Waals surface area contributed by atoms with Crippen LogP contribution in [0.5, 0.6) is 0 Å². The fraction of sp³-hybridized carbons (Fsp3) is 0.381. The first-order chi connectivity index (χ1) is 13.2. The van der Waals surface area contributed by atoms with E-state index in [1.165, 1.54) is 26.0 Å². The Balaban J connectivity index is 1.97. The van der Waals surface area contributed by atoms with Crippen molar-refractivity contribution in [3.63, 3.8) is 0 Å². The zero-order valence-electron chi connectivity index (χ0n) is 15.9. The summed E-state index contributed by atoms with van der Waals surface area (Å²) in [7, 11) is 0. The van der Waals surface area contributed by atoms with E-state index in [4.69, 9.17) is 0 Å². The molecule has 1 aromatic heterocycles. The van der Waals surface area contributed by atoms with Gasteiger partial charge in [-0.1, -0.05) is 22.0 Å². The number of alkyl halides is 1. The SMILES string of the molecule is CC1Cc2c(ccc3[nH]ncc23)C(c2c(F)cc(Br)cc2F)N1CC(C)(C)F. The van der Waals surface area contributed by atoms with Crippen LogP contribution in [-0.2, 0) is 6.42 Å². The van der Waals surface area contributed by atoms with Crippen molar-refractivity contribution < 1.29 is 13.2 Å². The van der Waals surface area contributed by atoms with Gasteiger partial charge in [-0.3, -0.25) is 10.00 Å². The molecule has 28 heavy (non-hydrogen) atoms. The lowest BCUT2D eigenvalue weighted by atomic mass is 9.82. The molecule has 3 nitrogen and oxygen atoms in total. The van der Waals surface area contributed by atoms with Crippen LogP contribution in [-0.4, -0.2) is 33.4 Å². The van der Waals surface area contributed by atoms with E-state index in [0.29, 0.717) is 10.9 Å². The van der Waals surface area contributed by atoms with Gasteiger partial charge in [-0.15, -0.1) is 0 Å². The van der Waals surface area contributed by atoms with Crippen molar-refractivity contribution in [3.8, 4) is 0 Å². The summed E-state index contributed by atoms with van der Waals surface area (Å²) in [6.45, 7) is 5.01. The molecule has 0 radical (unpaired) electrons. The molecule has 148 valence electrons. The summed E-state index contributed by atoms with van der Waals surface area (Å²) in [5.41, 5.74) is 1.10. The van der Waals surface area contributed by atoms with E-state index in [0.717, 1.165) is 22.0 Å². The standard InChI is InChI=1S/C21H21BrF3N3/c1-11-6-14-13(4-5-18-15(14)9-26-27-18)20(28(11)10-21(2,3)25)19-16(23)7-12(22)8-17(19)24/h4-5,7-9,11,20H,6,10H2,1-3H3,(H,26,27). The molecule has 2 aromatic carbocycles. The number of nitrogens with zero attached hydrogens (tertiary/aromatic N) is 2. The lowest BCUT2D eigenvalue weighted by molar-refractivity contribution is 0.0655. The van der Waals surface area contributed by atoms with Gasteiger partial charge in [-0.2, -0.15) is 5.10 Å². The molecule has 1 N–H and O–H groups in total. The Morgan fingerprint density at radius 2 is 1.93 bits per heavy atom. The molecule has 0 amide bonds. The van der Waals surface area contributed by atoms with Gasteiger partial charge >= 0.3 is 0 Å². The molecule has 0 saturated carbocycles. The molecule has 4 rings (SSSR count). The van der Waals surface area contributed by atoms with Gasteiger partial charge in [0.15, 0.2) is 0 Å². The smallest absolute Gasteiger partial charge is 0.132 e. The summed E-state index contributed by atoms with van der Waals surface area (Å²) in [5, 5.41) is 7.98. The largest absolute Gasteiger partial charge is 0.286 e. The first-order valence-electron chi connectivity index (χ1n) is 9.19. The zero-order valence-corrected chi connectivity index (χ0v) is 17.4. The van der Waals surface area contributed by atoms with Gasteiger partial charge in [0.2, 0.25) is 0 Å². The van der Waals surface area contributed by atoms with E-state index in [-0.39, 0.29) is 18.2 Å². The predicted octanol–water partition coefficient (Wildman–Crippen LogP) is 5.69. The molecule has 0 bridgehead atoms. The van der Waals surface area contributed by atoms with Gasteiger partial charge in [0, 0.05) is 28.0 Å². The van der Waals surface area contributed by atoms with Gasteiger partial charge in [-0.05, 0) is 56.5 Å². The third kappa shape index (κ3) is 3.35. The van der Waals surface area contributed by atoms with E-state index in [1.807, 2.05) is 24.0 Å². The lowest BCUT2D eigenvalue weighted by Crippen LogP contribution is -2.48. The van der Waals surface area contributed by atoms with Gasteiger partial charge in [0.25, 0.3) is 0 Å². The Morgan fingerprint density at radius 1 is 1.25 bits per heavy atom. The molecule has 7 heteroatoms. The second kappa shape index (κ2) is 6.88. The van der Waals surface area contributed by atoms with Crippen molar-refractivity contribution in [1.29, 1.82) is 0 Å². The Hall–Kier alpha value is -1.86. The topological polar surface area (TPSA) is 31.9 Å². The monoisotopic (exact) mass is 451 g/mol. The maximum atomic E-state index is 15.0. The minimum absolute atomic E-state index is 0.0527. The molecule has 0 aliphatic carbocycles. The minimum atomic E-state index is -1.51.